The quantitative estimate of drug-likeness (QED) is 0.756. The zero-order valence-electron chi connectivity index (χ0n) is 11.2. The van der Waals surface area contributed by atoms with E-state index in [0.717, 1.165) is 38.8 Å². The first kappa shape index (κ1) is 14.3. The zero-order valence-corrected chi connectivity index (χ0v) is 11.9. The lowest BCUT2D eigenvalue weighted by atomic mass is 10.1. The summed E-state index contributed by atoms with van der Waals surface area (Å²) >= 11 is 6.21. The number of rotatable bonds is 2. The summed E-state index contributed by atoms with van der Waals surface area (Å²) in [4.78, 5) is 14.1. The number of carbonyl (C=O) groups excluding carboxylic acids is 1. The van der Waals surface area contributed by atoms with Gasteiger partial charge in [0, 0.05) is 13.1 Å². The molecule has 1 aromatic carbocycles. The maximum atomic E-state index is 13.5. The number of amides is 1. The summed E-state index contributed by atoms with van der Waals surface area (Å²) < 4.78 is 13.5. The molecule has 1 aliphatic heterocycles. The molecule has 4 heteroatoms. The summed E-state index contributed by atoms with van der Waals surface area (Å²) in [5.41, 5.74) is 1.11. The smallest absolute Gasteiger partial charge is 0.245 e. The van der Waals surface area contributed by atoms with Crippen molar-refractivity contribution in [2.75, 3.05) is 13.1 Å². The van der Waals surface area contributed by atoms with E-state index in [2.05, 4.69) is 0 Å². The van der Waals surface area contributed by atoms with Crippen molar-refractivity contribution in [2.45, 2.75) is 38.0 Å². The van der Waals surface area contributed by atoms with E-state index in [4.69, 9.17) is 11.6 Å². The molecule has 1 aliphatic rings. The van der Waals surface area contributed by atoms with Crippen LogP contribution in [0.2, 0.25) is 0 Å². The first-order valence-electron chi connectivity index (χ1n) is 6.78. The minimum atomic E-state index is -0.784. The minimum Gasteiger partial charge on any atom is -0.341 e. The lowest BCUT2D eigenvalue weighted by molar-refractivity contribution is -0.130. The van der Waals surface area contributed by atoms with Crippen LogP contribution in [0.15, 0.2) is 18.2 Å². The van der Waals surface area contributed by atoms with Crippen LogP contribution in [0.25, 0.3) is 0 Å². The average Bonchev–Trinajstić information content (AvgIpc) is 2.69. The summed E-state index contributed by atoms with van der Waals surface area (Å²) in [6.07, 6.45) is 4.38. The summed E-state index contributed by atoms with van der Waals surface area (Å²) in [7, 11) is 0. The van der Waals surface area contributed by atoms with E-state index in [0.29, 0.717) is 11.1 Å². The summed E-state index contributed by atoms with van der Waals surface area (Å²) in [6, 6.07) is 4.75. The molecular weight excluding hydrogens is 265 g/mol. The number of nitrogens with zero attached hydrogens (tertiary/aromatic N) is 1. The molecule has 1 saturated heterocycles. The fourth-order valence-electron chi connectivity index (χ4n) is 2.36. The third-order valence-corrected chi connectivity index (χ3v) is 4.06. The highest BCUT2D eigenvalue weighted by Gasteiger charge is 2.24. The van der Waals surface area contributed by atoms with Gasteiger partial charge in [-0.15, -0.1) is 11.6 Å². The van der Waals surface area contributed by atoms with E-state index in [1.807, 2.05) is 4.90 Å². The monoisotopic (exact) mass is 283 g/mol. The van der Waals surface area contributed by atoms with Gasteiger partial charge >= 0.3 is 0 Å². The van der Waals surface area contributed by atoms with E-state index in [9.17, 15) is 9.18 Å². The van der Waals surface area contributed by atoms with Crippen LogP contribution < -0.4 is 0 Å². The van der Waals surface area contributed by atoms with E-state index >= 15 is 0 Å². The van der Waals surface area contributed by atoms with Gasteiger partial charge < -0.3 is 4.90 Å². The third-order valence-electron chi connectivity index (χ3n) is 3.62. The van der Waals surface area contributed by atoms with Gasteiger partial charge in [0.1, 0.15) is 11.2 Å². The molecule has 0 saturated carbocycles. The van der Waals surface area contributed by atoms with Crippen molar-refractivity contribution in [3.05, 3.63) is 35.1 Å². The van der Waals surface area contributed by atoms with Crippen molar-refractivity contribution in [1.82, 2.24) is 4.90 Å². The molecule has 0 spiro atoms. The Kier molecular flexibility index (Phi) is 4.81. The molecule has 104 valence electrons. The number of carbonyl (C=O) groups is 1. The number of hydrogen-bond acceptors (Lipinski definition) is 1. The molecule has 2 nitrogen and oxygen atoms in total. The van der Waals surface area contributed by atoms with Gasteiger partial charge in [0.25, 0.3) is 0 Å². The Labute approximate surface area is 118 Å². The van der Waals surface area contributed by atoms with Crippen molar-refractivity contribution < 1.29 is 9.18 Å². The van der Waals surface area contributed by atoms with Gasteiger partial charge in [0.15, 0.2) is 0 Å². The number of alkyl halides is 1. The summed E-state index contributed by atoms with van der Waals surface area (Å²) in [6.45, 7) is 3.21. The van der Waals surface area contributed by atoms with Crippen LogP contribution in [-0.2, 0) is 4.79 Å². The molecule has 1 atom stereocenters. The van der Waals surface area contributed by atoms with Gasteiger partial charge in [0.05, 0.1) is 0 Å². The fraction of sp³-hybridized carbons (Fsp3) is 0.533. The van der Waals surface area contributed by atoms with E-state index in [1.54, 1.807) is 19.1 Å². The molecule has 1 aromatic rings. The van der Waals surface area contributed by atoms with Gasteiger partial charge in [-0.1, -0.05) is 25.0 Å². The molecule has 0 aromatic heterocycles. The van der Waals surface area contributed by atoms with E-state index in [1.165, 1.54) is 6.07 Å². The SMILES string of the molecule is Cc1ccc(C(Cl)C(=O)N2CCCCCC2)cc1F. The highest BCUT2D eigenvalue weighted by molar-refractivity contribution is 6.30. The highest BCUT2D eigenvalue weighted by Crippen LogP contribution is 2.26. The summed E-state index contributed by atoms with van der Waals surface area (Å²) in [5, 5.41) is -0.784. The normalized spacial score (nSPS) is 17.9. The second-order valence-electron chi connectivity index (χ2n) is 5.11. The molecule has 0 radical (unpaired) electrons. The average molecular weight is 284 g/mol. The first-order chi connectivity index (χ1) is 9.09. The maximum absolute atomic E-state index is 13.5. The standard InChI is InChI=1S/C15H19ClFNO/c1-11-6-7-12(10-13(11)17)14(16)15(19)18-8-4-2-3-5-9-18/h6-7,10,14H,2-5,8-9H2,1H3. The van der Waals surface area contributed by atoms with Crippen molar-refractivity contribution in [3.63, 3.8) is 0 Å². The number of likely N-dealkylation sites (tertiary alicyclic amines) is 1. The van der Waals surface area contributed by atoms with Gasteiger partial charge in [-0.2, -0.15) is 0 Å². The number of hydrogen-bond donors (Lipinski definition) is 0. The molecule has 0 N–H and O–H groups in total. The summed E-state index contributed by atoms with van der Waals surface area (Å²) in [5.74, 6) is -0.418. The second kappa shape index (κ2) is 6.38. The Morgan fingerprint density at radius 1 is 1.26 bits per heavy atom. The van der Waals surface area contributed by atoms with Crippen LogP contribution in [0.3, 0.4) is 0 Å². The highest BCUT2D eigenvalue weighted by atomic mass is 35.5. The van der Waals surface area contributed by atoms with Crippen molar-refractivity contribution >= 4 is 17.5 Å². The number of benzene rings is 1. The van der Waals surface area contributed by atoms with E-state index < -0.39 is 5.38 Å². The Balaban J connectivity index is 2.10. The molecule has 2 rings (SSSR count). The zero-order chi connectivity index (χ0) is 13.8. The minimum absolute atomic E-state index is 0.105. The lowest BCUT2D eigenvalue weighted by Crippen LogP contribution is -2.34. The van der Waals surface area contributed by atoms with Gasteiger partial charge in [-0.05, 0) is 37.0 Å². The Hall–Kier alpha value is -1.09. The number of halogens is 2. The molecule has 1 fully saturated rings. The first-order valence-corrected chi connectivity index (χ1v) is 7.22. The molecule has 1 unspecified atom stereocenters. The van der Waals surface area contributed by atoms with Crippen molar-refractivity contribution in [3.8, 4) is 0 Å². The van der Waals surface area contributed by atoms with Crippen LogP contribution in [-0.4, -0.2) is 23.9 Å². The maximum Gasteiger partial charge on any atom is 0.245 e. The predicted molar refractivity (Wildman–Crippen MR) is 74.8 cm³/mol. The van der Waals surface area contributed by atoms with E-state index in [-0.39, 0.29) is 11.7 Å². The second-order valence-corrected chi connectivity index (χ2v) is 5.55. The van der Waals surface area contributed by atoms with Gasteiger partial charge in [-0.3, -0.25) is 4.79 Å². The van der Waals surface area contributed by atoms with Gasteiger partial charge in [0.2, 0.25) is 5.91 Å². The predicted octanol–water partition coefficient (Wildman–Crippen LogP) is 3.82. The molecular formula is C15H19ClFNO. The van der Waals surface area contributed by atoms with Crippen molar-refractivity contribution in [2.24, 2.45) is 0 Å². The third kappa shape index (κ3) is 3.47. The molecule has 19 heavy (non-hydrogen) atoms. The Morgan fingerprint density at radius 3 is 2.47 bits per heavy atom. The fourth-order valence-corrected chi connectivity index (χ4v) is 2.63. The van der Waals surface area contributed by atoms with Crippen LogP contribution >= 0.6 is 11.6 Å². The molecule has 1 amide bonds. The molecule has 0 bridgehead atoms. The Bertz CT molecular complexity index is 455. The van der Waals surface area contributed by atoms with Crippen LogP contribution in [0.1, 0.15) is 42.2 Å². The Morgan fingerprint density at radius 2 is 1.89 bits per heavy atom. The van der Waals surface area contributed by atoms with Crippen molar-refractivity contribution in [1.29, 1.82) is 0 Å². The lowest BCUT2D eigenvalue weighted by Gasteiger charge is -2.23. The topological polar surface area (TPSA) is 20.3 Å². The van der Waals surface area contributed by atoms with Gasteiger partial charge in [-0.25, -0.2) is 4.39 Å². The molecule has 0 aliphatic carbocycles. The largest absolute Gasteiger partial charge is 0.341 e. The number of aryl methyl sites for hydroxylation is 1. The molecule has 1 heterocycles. The van der Waals surface area contributed by atoms with Crippen LogP contribution in [0.4, 0.5) is 4.39 Å². The van der Waals surface area contributed by atoms with Crippen LogP contribution in [0, 0.1) is 12.7 Å². The van der Waals surface area contributed by atoms with Crippen LogP contribution in [0.5, 0.6) is 0 Å².